The minimum Gasteiger partial charge on any atom is -0.468 e. The lowest BCUT2D eigenvalue weighted by molar-refractivity contribution is 0.336. The highest BCUT2D eigenvalue weighted by atomic mass is 16.5. The van der Waals surface area contributed by atoms with Crippen molar-refractivity contribution in [2.45, 2.75) is 20.3 Å². The van der Waals surface area contributed by atoms with Gasteiger partial charge in [0.2, 0.25) is 0 Å². The van der Waals surface area contributed by atoms with Crippen LogP contribution in [-0.4, -0.2) is 17.4 Å². The maximum absolute atomic E-state index is 5.41. The second-order valence-corrected chi connectivity index (χ2v) is 5.18. The number of hydrogen-bond acceptors (Lipinski definition) is 3. The zero-order chi connectivity index (χ0) is 18.1. The van der Waals surface area contributed by atoms with E-state index in [0.717, 1.165) is 35.0 Å². The number of nitrogens with zero attached hydrogens (tertiary/aromatic N) is 2. The monoisotopic (exact) mass is 335 g/mol. The van der Waals surface area contributed by atoms with Gasteiger partial charge in [-0.1, -0.05) is 57.3 Å². The van der Waals surface area contributed by atoms with Crippen molar-refractivity contribution in [1.29, 1.82) is 0 Å². The van der Waals surface area contributed by atoms with Gasteiger partial charge in [-0.15, -0.1) is 0 Å². The summed E-state index contributed by atoms with van der Waals surface area (Å²) in [6.07, 6.45) is 10.4. The molecular formula is C21H25N3O. The van der Waals surface area contributed by atoms with Crippen molar-refractivity contribution in [2.24, 2.45) is 4.99 Å². The molecule has 0 atom stereocenters. The van der Waals surface area contributed by atoms with Crippen LogP contribution in [0.3, 0.4) is 0 Å². The summed E-state index contributed by atoms with van der Waals surface area (Å²) in [5.74, 6) is 1.60. The molecule has 4 heteroatoms. The Morgan fingerprint density at radius 2 is 2.00 bits per heavy atom. The third-order valence-electron chi connectivity index (χ3n) is 3.53. The molecule has 0 radical (unpaired) electrons. The number of rotatable bonds is 4. The third-order valence-corrected chi connectivity index (χ3v) is 3.53. The molecule has 130 valence electrons. The van der Waals surface area contributed by atoms with Crippen LogP contribution in [0.2, 0.25) is 0 Å². The summed E-state index contributed by atoms with van der Waals surface area (Å²) in [6.45, 7) is 12.7. The number of benzene rings is 1. The van der Waals surface area contributed by atoms with E-state index in [2.05, 4.69) is 23.6 Å². The Labute approximate surface area is 150 Å². The summed E-state index contributed by atoms with van der Waals surface area (Å²) in [7, 11) is 0. The first-order valence-electron chi connectivity index (χ1n) is 8.47. The average Bonchev–Trinajstić information content (AvgIpc) is 2.70. The second-order valence-electron chi connectivity index (χ2n) is 5.18. The van der Waals surface area contributed by atoms with Crippen LogP contribution < -0.4 is 5.43 Å². The van der Waals surface area contributed by atoms with Crippen molar-refractivity contribution in [1.82, 2.24) is 10.4 Å². The molecule has 3 rings (SSSR count). The van der Waals surface area contributed by atoms with Gasteiger partial charge in [-0.2, -0.15) is 0 Å². The van der Waals surface area contributed by atoms with Crippen LogP contribution in [0.25, 0.3) is 5.70 Å². The molecular weight excluding hydrogens is 310 g/mol. The molecule has 2 aliphatic rings. The standard InChI is InChI=1S/C19H19N3O.C2H6/c1-15-11-12-19(20-14-18-10-6-7-13-23-18)21-22(15)16(2)17-8-4-3-5-9-17;1-2/h3-5,7-13H,1-2,6,14H2,(H,20,21);1-2H3. The molecule has 25 heavy (non-hydrogen) atoms. The Morgan fingerprint density at radius 1 is 1.24 bits per heavy atom. The lowest BCUT2D eigenvalue weighted by atomic mass is 10.1. The molecule has 0 aromatic heterocycles. The van der Waals surface area contributed by atoms with Crippen molar-refractivity contribution in [3.8, 4) is 0 Å². The summed E-state index contributed by atoms with van der Waals surface area (Å²) in [5, 5.41) is 1.84. The van der Waals surface area contributed by atoms with E-state index in [1.54, 1.807) is 6.26 Å². The minimum atomic E-state index is 0.495. The lowest BCUT2D eigenvalue weighted by Gasteiger charge is -2.31. The van der Waals surface area contributed by atoms with Crippen LogP contribution in [0.15, 0.2) is 90.5 Å². The van der Waals surface area contributed by atoms with Gasteiger partial charge in [0.25, 0.3) is 0 Å². The lowest BCUT2D eigenvalue weighted by Crippen LogP contribution is -2.41. The predicted molar refractivity (Wildman–Crippen MR) is 105 cm³/mol. The fraction of sp³-hybridized carbons (Fsp3) is 0.190. The van der Waals surface area contributed by atoms with E-state index in [1.807, 2.05) is 73.5 Å². The number of hydrogen-bond donors (Lipinski definition) is 1. The van der Waals surface area contributed by atoms with Crippen molar-refractivity contribution >= 4 is 11.5 Å². The van der Waals surface area contributed by atoms with Crippen LogP contribution in [0.1, 0.15) is 25.8 Å². The fourth-order valence-electron chi connectivity index (χ4n) is 2.27. The smallest absolute Gasteiger partial charge is 0.140 e. The molecule has 0 saturated carbocycles. The number of amidine groups is 1. The molecule has 1 aromatic rings. The Kier molecular flexibility index (Phi) is 6.84. The molecule has 0 saturated heterocycles. The van der Waals surface area contributed by atoms with Crippen molar-refractivity contribution in [2.75, 3.05) is 6.54 Å². The van der Waals surface area contributed by atoms with E-state index in [1.165, 1.54) is 0 Å². The Balaban J connectivity index is 0.00000109. The molecule has 0 unspecified atom stereocenters. The molecule has 2 heterocycles. The van der Waals surface area contributed by atoms with Crippen LogP contribution in [0, 0.1) is 0 Å². The quantitative estimate of drug-likeness (QED) is 0.859. The normalized spacial score (nSPS) is 17.2. The van der Waals surface area contributed by atoms with E-state index in [-0.39, 0.29) is 0 Å². The number of allylic oxidation sites excluding steroid dienone is 3. The molecule has 0 bridgehead atoms. The Bertz CT molecular complexity index is 727. The number of aliphatic imine (C=N–C) groups is 1. The van der Waals surface area contributed by atoms with Gasteiger partial charge in [0.05, 0.1) is 24.2 Å². The number of nitrogens with one attached hydrogen (secondary N) is 1. The van der Waals surface area contributed by atoms with Gasteiger partial charge in [0, 0.05) is 0 Å². The molecule has 1 aromatic carbocycles. The van der Waals surface area contributed by atoms with E-state index < -0.39 is 0 Å². The van der Waals surface area contributed by atoms with Crippen molar-refractivity contribution < 1.29 is 4.74 Å². The minimum absolute atomic E-state index is 0.495. The van der Waals surface area contributed by atoms with Gasteiger partial charge in [-0.05, 0) is 36.3 Å². The van der Waals surface area contributed by atoms with Crippen LogP contribution in [-0.2, 0) is 4.74 Å². The van der Waals surface area contributed by atoms with E-state index in [4.69, 9.17) is 4.74 Å². The summed E-state index contributed by atoms with van der Waals surface area (Å²) in [5.41, 5.74) is 5.90. The highest BCUT2D eigenvalue weighted by Crippen LogP contribution is 2.21. The van der Waals surface area contributed by atoms with Gasteiger partial charge in [0.15, 0.2) is 0 Å². The van der Waals surface area contributed by atoms with Crippen LogP contribution in [0.4, 0.5) is 0 Å². The van der Waals surface area contributed by atoms with Gasteiger partial charge < -0.3 is 4.74 Å². The van der Waals surface area contributed by atoms with Crippen molar-refractivity contribution in [3.63, 3.8) is 0 Å². The molecule has 1 N–H and O–H groups in total. The SMILES string of the molecule is C=C1C=CC(=NCC2=CCC=CO2)NN1C(=C)c1ccccc1.CC. The molecule has 2 aliphatic heterocycles. The van der Waals surface area contributed by atoms with Gasteiger partial charge in [0.1, 0.15) is 11.6 Å². The van der Waals surface area contributed by atoms with Gasteiger partial charge >= 0.3 is 0 Å². The highest BCUT2D eigenvalue weighted by Gasteiger charge is 2.16. The van der Waals surface area contributed by atoms with E-state index >= 15 is 0 Å². The first kappa shape index (κ1) is 18.3. The summed E-state index contributed by atoms with van der Waals surface area (Å²) < 4.78 is 5.41. The van der Waals surface area contributed by atoms with Gasteiger partial charge in [-0.25, -0.2) is 0 Å². The second kappa shape index (κ2) is 9.33. The summed E-state index contributed by atoms with van der Waals surface area (Å²) in [6, 6.07) is 9.98. The largest absolute Gasteiger partial charge is 0.468 e. The Hall–Kier alpha value is -3.01. The van der Waals surface area contributed by atoms with E-state index in [0.29, 0.717) is 6.54 Å². The molecule has 0 amide bonds. The van der Waals surface area contributed by atoms with Crippen LogP contribution >= 0.6 is 0 Å². The van der Waals surface area contributed by atoms with Crippen molar-refractivity contribution in [3.05, 3.63) is 91.1 Å². The van der Waals surface area contributed by atoms with E-state index in [9.17, 15) is 0 Å². The zero-order valence-corrected chi connectivity index (χ0v) is 14.9. The molecule has 0 spiro atoms. The number of hydrazine groups is 1. The fourth-order valence-corrected chi connectivity index (χ4v) is 2.27. The highest BCUT2D eigenvalue weighted by molar-refractivity contribution is 5.95. The average molecular weight is 335 g/mol. The first-order chi connectivity index (χ1) is 12.2. The Morgan fingerprint density at radius 3 is 2.68 bits per heavy atom. The summed E-state index contributed by atoms with van der Waals surface area (Å²) >= 11 is 0. The predicted octanol–water partition coefficient (Wildman–Crippen LogP) is 4.79. The third kappa shape index (κ3) is 4.98. The maximum atomic E-state index is 5.41. The summed E-state index contributed by atoms with van der Waals surface area (Å²) in [4.78, 5) is 4.54. The first-order valence-corrected chi connectivity index (χ1v) is 8.47. The van der Waals surface area contributed by atoms with Crippen LogP contribution in [0.5, 0.6) is 0 Å². The topological polar surface area (TPSA) is 36.9 Å². The molecule has 4 nitrogen and oxygen atoms in total. The van der Waals surface area contributed by atoms with Gasteiger partial charge in [-0.3, -0.25) is 15.4 Å². The maximum Gasteiger partial charge on any atom is 0.140 e. The zero-order valence-electron chi connectivity index (χ0n) is 14.9. The molecule has 0 fully saturated rings. The molecule has 0 aliphatic carbocycles. The number of ether oxygens (including phenoxy) is 1.